The Labute approximate surface area is 203 Å². The Bertz CT molecular complexity index is 1450. The normalized spacial score (nSPS) is 13.9. The SMILES string of the molecule is COc1ccccc1/C=N\n1c(N)c(C(=O)NCCC2=CCCCC2)c2nc3ccccc3nc21. The number of nitrogens with zero attached hydrogens (tertiary/aromatic N) is 4. The van der Waals surface area contributed by atoms with Gasteiger partial charge in [-0.05, 0) is 56.4 Å². The minimum atomic E-state index is -0.278. The Morgan fingerprint density at radius 2 is 1.91 bits per heavy atom. The summed E-state index contributed by atoms with van der Waals surface area (Å²) in [5.74, 6) is 0.591. The molecule has 0 saturated heterocycles. The molecule has 5 rings (SSSR count). The molecule has 2 heterocycles. The molecule has 1 aliphatic rings. The zero-order chi connectivity index (χ0) is 24.2. The monoisotopic (exact) mass is 468 g/mol. The number of hydrogen-bond donors (Lipinski definition) is 2. The Hall–Kier alpha value is -4.20. The van der Waals surface area contributed by atoms with Crippen molar-refractivity contribution in [3.05, 3.63) is 71.3 Å². The molecule has 8 heteroatoms. The Morgan fingerprint density at radius 1 is 1.14 bits per heavy atom. The van der Waals surface area contributed by atoms with Gasteiger partial charge in [-0.25, -0.2) is 9.97 Å². The third kappa shape index (κ3) is 4.59. The first-order chi connectivity index (χ1) is 17.2. The first-order valence-electron chi connectivity index (χ1n) is 11.9. The number of hydrogen-bond acceptors (Lipinski definition) is 6. The summed E-state index contributed by atoms with van der Waals surface area (Å²) in [7, 11) is 1.61. The number of anilines is 1. The fourth-order valence-electron chi connectivity index (χ4n) is 4.44. The van der Waals surface area contributed by atoms with E-state index in [0.29, 0.717) is 34.5 Å². The average Bonchev–Trinajstić information content (AvgIpc) is 3.16. The number of benzene rings is 2. The van der Waals surface area contributed by atoms with Crippen LogP contribution in [-0.4, -0.2) is 40.4 Å². The van der Waals surface area contributed by atoms with Gasteiger partial charge in [-0.3, -0.25) is 4.79 Å². The van der Waals surface area contributed by atoms with Crippen LogP contribution < -0.4 is 15.8 Å². The lowest BCUT2D eigenvalue weighted by Crippen LogP contribution is -2.25. The van der Waals surface area contributed by atoms with E-state index >= 15 is 0 Å². The number of fused-ring (bicyclic) bond motifs is 2. The average molecular weight is 469 g/mol. The van der Waals surface area contributed by atoms with Gasteiger partial charge < -0.3 is 15.8 Å². The molecule has 0 unspecified atom stereocenters. The third-order valence-corrected chi connectivity index (χ3v) is 6.27. The van der Waals surface area contributed by atoms with E-state index < -0.39 is 0 Å². The highest BCUT2D eigenvalue weighted by atomic mass is 16.5. The van der Waals surface area contributed by atoms with Crippen molar-refractivity contribution in [2.75, 3.05) is 19.4 Å². The maximum Gasteiger partial charge on any atom is 0.257 e. The molecule has 35 heavy (non-hydrogen) atoms. The summed E-state index contributed by atoms with van der Waals surface area (Å²) >= 11 is 0. The summed E-state index contributed by atoms with van der Waals surface area (Å²) in [5, 5.41) is 7.59. The maximum absolute atomic E-state index is 13.3. The maximum atomic E-state index is 13.3. The predicted molar refractivity (Wildman–Crippen MR) is 139 cm³/mol. The molecule has 3 N–H and O–H groups in total. The number of carbonyl (C=O) groups is 1. The second kappa shape index (κ2) is 9.97. The van der Waals surface area contributed by atoms with Crippen LogP contribution in [0.15, 0.2) is 65.3 Å². The highest BCUT2D eigenvalue weighted by Gasteiger charge is 2.24. The summed E-state index contributed by atoms with van der Waals surface area (Å²) in [6.07, 6.45) is 9.46. The Kier molecular flexibility index (Phi) is 6.43. The molecule has 0 bridgehead atoms. The molecular formula is C27H28N6O2. The summed E-state index contributed by atoms with van der Waals surface area (Å²) in [4.78, 5) is 22.8. The molecule has 1 aliphatic carbocycles. The van der Waals surface area contributed by atoms with Crippen LogP contribution in [0.5, 0.6) is 5.75 Å². The van der Waals surface area contributed by atoms with E-state index in [1.165, 1.54) is 23.1 Å². The number of nitrogens with two attached hydrogens (primary N) is 1. The lowest BCUT2D eigenvalue weighted by atomic mass is 9.97. The van der Waals surface area contributed by atoms with Crippen molar-refractivity contribution in [1.29, 1.82) is 0 Å². The summed E-state index contributed by atoms with van der Waals surface area (Å²) in [5.41, 5.74) is 11.2. The molecule has 0 radical (unpaired) electrons. The van der Waals surface area contributed by atoms with Crippen molar-refractivity contribution >= 4 is 40.1 Å². The number of aromatic nitrogens is 3. The van der Waals surface area contributed by atoms with Gasteiger partial charge in [-0.15, -0.1) is 0 Å². The number of ether oxygens (including phenoxy) is 1. The second-order valence-corrected chi connectivity index (χ2v) is 8.56. The zero-order valence-electron chi connectivity index (χ0n) is 19.7. The molecule has 8 nitrogen and oxygen atoms in total. The molecule has 2 aromatic carbocycles. The number of amides is 1. The first-order valence-corrected chi connectivity index (χ1v) is 11.9. The third-order valence-electron chi connectivity index (χ3n) is 6.27. The van der Waals surface area contributed by atoms with E-state index in [2.05, 4.69) is 16.5 Å². The summed E-state index contributed by atoms with van der Waals surface area (Å²) in [6.45, 7) is 0.544. The topological polar surface area (TPSA) is 107 Å². The molecule has 178 valence electrons. The van der Waals surface area contributed by atoms with Crippen molar-refractivity contribution in [3.63, 3.8) is 0 Å². The van der Waals surface area contributed by atoms with E-state index in [0.717, 1.165) is 24.8 Å². The standard InChI is InChI=1S/C27H28N6O2/c1-35-22-14-8-5-11-19(22)17-30-33-25(28)23(27(34)29-16-15-18-9-3-2-4-10-18)24-26(33)32-21-13-7-6-12-20(21)31-24/h5-9,11-14,17H,2-4,10,15-16,28H2,1H3,(H,29,34)/b30-17-. The molecule has 0 atom stereocenters. The largest absolute Gasteiger partial charge is 0.496 e. The first kappa shape index (κ1) is 22.6. The fraction of sp³-hybridized carbons (Fsp3) is 0.259. The van der Waals surface area contributed by atoms with Gasteiger partial charge in [0.25, 0.3) is 5.91 Å². The van der Waals surface area contributed by atoms with Crippen LogP contribution in [0.4, 0.5) is 5.82 Å². The van der Waals surface area contributed by atoms with Crippen molar-refractivity contribution in [1.82, 2.24) is 20.0 Å². The summed E-state index contributed by atoms with van der Waals surface area (Å²) in [6, 6.07) is 15.0. The number of carbonyl (C=O) groups excluding carboxylic acids is 1. The van der Waals surface area contributed by atoms with Gasteiger partial charge in [0.05, 0.1) is 24.4 Å². The van der Waals surface area contributed by atoms with E-state index in [4.69, 9.17) is 20.4 Å². The second-order valence-electron chi connectivity index (χ2n) is 8.56. The Balaban J connectivity index is 1.53. The lowest BCUT2D eigenvalue weighted by Gasteiger charge is -2.13. The van der Waals surface area contributed by atoms with Crippen LogP contribution >= 0.6 is 0 Å². The molecule has 0 saturated carbocycles. The van der Waals surface area contributed by atoms with Crippen molar-refractivity contribution in [3.8, 4) is 5.75 Å². The quantitative estimate of drug-likeness (QED) is 0.303. The van der Waals surface area contributed by atoms with E-state index in [-0.39, 0.29) is 17.3 Å². The van der Waals surface area contributed by atoms with Gasteiger partial charge in [0.15, 0.2) is 5.65 Å². The molecule has 2 aromatic heterocycles. The van der Waals surface area contributed by atoms with Crippen LogP contribution in [0.2, 0.25) is 0 Å². The van der Waals surface area contributed by atoms with E-state index in [9.17, 15) is 4.79 Å². The van der Waals surface area contributed by atoms with Crippen LogP contribution in [0.25, 0.3) is 22.2 Å². The predicted octanol–water partition coefficient (Wildman–Crippen LogP) is 4.68. The fourth-order valence-corrected chi connectivity index (χ4v) is 4.44. The highest BCUT2D eigenvalue weighted by molar-refractivity contribution is 6.10. The van der Waals surface area contributed by atoms with Crippen LogP contribution in [0.1, 0.15) is 48.0 Å². The van der Waals surface area contributed by atoms with Crippen molar-refractivity contribution in [2.24, 2.45) is 5.10 Å². The number of allylic oxidation sites excluding steroid dienone is 1. The van der Waals surface area contributed by atoms with Crippen LogP contribution in [0.3, 0.4) is 0 Å². The van der Waals surface area contributed by atoms with Crippen LogP contribution in [0, 0.1) is 0 Å². The zero-order valence-corrected chi connectivity index (χ0v) is 19.7. The van der Waals surface area contributed by atoms with Gasteiger partial charge in [-0.2, -0.15) is 9.78 Å². The van der Waals surface area contributed by atoms with E-state index in [1.807, 2.05) is 48.5 Å². The van der Waals surface area contributed by atoms with Crippen molar-refractivity contribution < 1.29 is 9.53 Å². The molecule has 4 aromatic rings. The van der Waals surface area contributed by atoms with Crippen LogP contribution in [-0.2, 0) is 0 Å². The molecule has 0 aliphatic heterocycles. The number of rotatable bonds is 7. The number of para-hydroxylation sites is 3. The van der Waals surface area contributed by atoms with Gasteiger partial charge in [0.1, 0.15) is 22.6 Å². The van der Waals surface area contributed by atoms with E-state index in [1.54, 1.807) is 13.3 Å². The Morgan fingerprint density at radius 3 is 2.69 bits per heavy atom. The minimum absolute atomic E-state index is 0.191. The highest BCUT2D eigenvalue weighted by Crippen LogP contribution is 2.28. The molecule has 0 fully saturated rings. The molecular weight excluding hydrogens is 440 g/mol. The number of methoxy groups -OCH3 is 1. The summed E-state index contributed by atoms with van der Waals surface area (Å²) < 4.78 is 6.89. The number of nitrogen functional groups attached to an aromatic ring is 1. The van der Waals surface area contributed by atoms with Gasteiger partial charge in [-0.1, -0.05) is 35.9 Å². The van der Waals surface area contributed by atoms with Gasteiger partial charge in [0.2, 0.25) is 0 Å². The van der Waals surface area contributed by atoms with Crippen molar-refractivity contribution in [2.45, 2.75) is 32.1 Å². The minimum Gasteiger partial charge on any atom is -0.496 e. The smallest absolute Gasteiger partial charge is 0.257 e. The van der Waals surface area contributed by atoms with Gasteiger partial charge >= 0.3 is 0 Å². The number of nitrogens with one attached hydrogen (secondary N) is 1. The molecule has 1 amide bonds. The molecule has 0 spiro atoms. The van der Waals surface area contributed by atoms with Gasteiger partial charge in [0, 0.05) is 12.1 Å². The lowest BCUT2D eigenvalue weighted by molar-refractivity contribution is 0.0956.